The van der Waals surface area contributed by atoms with Gasteiger partial charge in [-0.3, -0.25) is 52.7 Å². The molecule has 450 valence electrons. The number of Topliss-reactive ketones (excluding diaryl/α,β-unsaturated/α-hetero) is 1. The van der Waals surface area contributed by atoms with Crippen LogP contribution in [0.1, 0.15) is 136 Å². The normalized spacial score (nSPS) is 28.8. The first-order valence-electron chi connectivity index (χ1n) is 28.0. The highest BCUT2D eigenvalue weighted by Gasteiger charge is 2.45. The van der Waals surface area contributed by atoms with Gasteiger partial charge >= 0.3 is 0 Å². The molecule has 22 heteroatoms. The number of aliphatic hydroxyl groups excluding tert-OH is 1. The van der Waals surface area contributed by atoms with Gasteiger partial charge in [-0.15, -0.1) is 0 Å². The quantitative estimate of drug-likeness (QED) is 0.187. The zero-order valence-electron chi connectivity index (χ0n) is 51.6. The predicted molar refractivity (Wildman–Crippen MR) is 302 cm³/mol. The number of rotatable bonds is 11. The molecule has 13 atom stereocenters. The van der Waals surface area contributed by atoms with Crippen LogP contribution in [0.5, 0.6) is 0 Å². The Hall–Kier alpha value is -5.93. The third-order valence-corrected chi connectivity index (χ3v) is 15.4. The molecule has 0 aliphatic carbocycles. The predicted octanol–water partition coefficient (Wildman–Crippen LogP) is 2.21. The number of aliphatic hydroxyl groups is 1. The van der Waals surface area contributed by atoms with Gasteiger partial charge in [0.15, 0.2) is 5.78 Å². The second kappa shape index (κ2) is 31.8. The number of amides is 10. The Balaban J connectivity index is 4.11. The number of carbonyl (C=O) groups excluding carboxylic acids is 11. The second-order valence-electron chi connectivity index (χ2n) is 23.5. The number of nitrogens with one attached hydrogen (secondary N) is 4. The molecule has 0 radical (unpaired) electrons. The average molecular weight is 1120 g/mol. The maximum absolute atomic E-state index is 14.8. The van der Waals surface area contributed by atoms with Crippen molar-refractivity contribution in [1.82, 2.24) is 50.7 Å². The van der Waals surface area contributed by atoms with E-state index < -0.39 is 161 Å². The minimum Gasteiger partial charge on any atom is -0.390 e. The summed E-state index contributed by atoms with van der Waals surface area (Å²) in [4.78, 5) is 164. The van der Waals surface area contributed by atoms with Crippen LogP contribution in [0.4, 0.5) is 0 Å². The molecule has 10 amide bonds. The van der Waals surface area contributed by atoms with Crippen molar-refractivity contribution in [1.29, 1.82) is 0 Å². The van der Waals surface area contributed by atoms with Gasteiger partial charge in [-0.05, 0) is 83.0 Å². The van der Waals surface area contributed by atoms with E-state index in [0.717, 1.165) is 14.7 Å². The Morgan fingerprint density at radius 1 is 0.532 bits per heavy atom. The van der Waals surface area contributed by atoms with Crippen molar-refractivity contribution in [2.45, 2.75) is 197 Å². The molecule has 0 aromatic rings. The van der Waals surface area contributed by atoms with E-state index in [4.69, 9.17) is 0 Å². The molecule has 5 N–H and O–H groups in total. The molecule has 0 aromatic heterocycles. The monoisotopic (exact) mass is 1120 g/mol. The van der Waals surface area contributed by atoms with Crippen LogP contribution in [0.25, 0.3) is 0 Å². The van der Waals surface area contributed by atoms with E-state index in [2.05, 4.69) is 21.3 Å². The van der Waals surface area contributed by atoms with Gasteiger partial charge in [-0.2, -0.15) is 0 Å². The summed E-state index contributed by atoms with van der Waals surface area (Å²) in [6, 6.07) is -11.0. The van der Waals surface area contributed by atoms with Gasteiger partial charge in [-0.25, -0.2) is 0 Å². The van der Waals surface area contributed by atoms with Gasteiger partial charge in [0.1, 0.15) is 48.3 Å². The third-order valence-electron chi connectivity index (χ3n) is 15.4. The second-order valence-corrected chi connectivity index (χ2v) is 23.5. The van der Waals surface area contributed by atoms with Crippen LogP contribution in [-0.4, -0.2) is 209 Å². The lowest BCUT2D eigenvalue weighted by Gasteiger charge is -2.40. The largest absolute Gasteiger partial charge is 0.390 e. The molecule has 1 fully saturated rings. The summed E-state index contributed by atoms with van der Waals surface area (Å²) in [5.41, 5.74) is 0. The van der Waals surface area contributed by atoms with Gasteiger partial charge < -0.3 is 55.8 Å². The number of likely N-dealkylation sites (N-methyl/N-ethyl adjacent to an activating group) is 6. The minimum absolute atomic E-state index is 0.0287. The fourth-order valence-electron chi connectivity index (χ4n) is 9.71. The van der Waals surface area contributed by atoms with E-state index in [1.807, 2.05) is 27.7 Å². The molecule has 13 unspecified atom stereocenters. The van der Waals surface area contributed by atoms with Crippen LogP contribution in [0.3, 0.4) is 0 Å². The first kappa shape index (κ1) is 71.1. The Kier molecular flexibility index (Phi) is 28.6. The molecular formula is C57H100N10O12. The summed E-state index contributed by atoms with van der Waals surface area (Å²) in [5, 5.41) is 22.8. The molecule has 22 nitrogen and oxygen atoms in total. The van der Waals surface area contributed by atoms with Crippen molar-refractivity contribution < 1.29 is 57.8 Å². The highest BCUT2D eigenvalue weighted by Crippen LogP contribution is 2.25. The standard InChI is InChI=1S/C57H100N10O12/c1-23-25-26-34(11)47(69)46-52(74)60-40(24-2)55(77)62(17)29-43(68)64(19)41(27-30(3)4)51(73)61-44(32(7)8)56(78)65(20)42(28-31(5)6)50(72)58-37(14)49(71)59-38(15)54(76)63(18)39(16)48(70)35(12)36(13)53(75)66(21)45(33(9)10)57(79)67(46)22/h23,25,30-42,44-47,69H,24,26-29H2,1-22H3,(H,58,72)(H,59,71)(H,60,74)(H,61,73)/b25-23+. The van der Waals surface area contributed by atoms with Crippen molar-refractivity contribution in [3.05, 3.63) is 12.2 Å². The van der Waals surface area contributed by atoms with Gasteiger partial charge in [0.05, 0.1) is 18.7 Å². The lowest BCUT2D eigenvalue weighted by Crippen LogP contribution is -2.62. The summed E-state index contributed by atoms with van der Waals surface area (Å²) < 4.78 is 0. The summed E-state index contributed by atoms with van der Waals surface area (Å²) >= 11 is 0. The summed E-state index contributed by atoms with van der Waals surface area (Å²) in [5.74, 6) is -11.3. The number of hydrogen-bond donors (Lipinski definition) is 5. The van der Waals surface area contributed by atoms with Crippen LogP contribution in [0.2, 0.25) is 0 Å². The summed E-state index contributed by atoms with van der Waals surface area (Å²) in [6.45, 7) is 26.3. The van der Waals surface area contributed by atoms with E-state index in [9.17, 15) is 57.8 Å². The van der Waals surface area contributed by atoms with Crippen molar-refractivity contribution >= 4 is 64.9 Å². The third kappa shape index (κ3) is 19.1. The first-order valence-corrected chi connectivity index (χ1v) is 28.0. The first-order chi connectivity index (χ1) is 36.4. The molecule has 1 saturated heterocycles. The summed E-state index contributed by atoms with van der Waals surface area (Å²) in [7, 11) is 8.34. The molecule has 0 bridgehead atoms. The van der Waals surface area contributed by atoms with Crippen LogP contribution in [0, 0.1) is 41.4 Å². The van der Waals surface area contributed by atoms with Gasteiger partial charge in [-0.1, -0.05) is 95.2 Å². The maximum atomic E-state index is 14.8. The van der Waals surface area contributed by atoms with E-state index in [0.29, 0.717) is 6.42 Å². The maximum Gasteiger partial charge on any atom is 0.246 e. The van der Waals surface area contributed by atoms with Gasteiger partial charge in [0.25, 0.3) is 0 Å². The number of carbonyl (C=O) groups is 11. The Morgan fingerprint density at radius 3 is 1.51 bits per heavy atom. The van der Waals surface area contributed by atoms with Crippen molar-refractivity contribution in [3.8, 4) is 0 Å². The van der Waals surface area contributed by atoms with E-state index in [-0.39, 0.29) is 31.1 Å². The SMILES string of the molecule is C/C=C/CC(C)C(O)C1C(=O)NC(CC)C(=O)N(C)CC(=O)N(C)C(CC(C)C)C(=O)NC(C(C)C)C(=O)N(C)C(CC(C)C)C(=O)NC(C)C(=O)NC(C)C(=O)N(C)C(C)C(=O)C(C)C(C)C(=O)N(C)C(C(C)C)C(=O)N1C. The molecule has 1 rings (SSSR count). The average Bonchev–Trinajstić information content (AvgIpc) is 3.38. The number of nitrogens with zero attached hydrogens (tertiary/aromatic N) is 6. The van der Waals surface area contributed by atoms with Gasteiger partial charge in [0, 0.05) is 54.1 Å². The molecule has 1 aliphatic rings. The van der Waals surface area contributed by atoms with Crippen LogP contribution < -0.4 is 21.3 Å². The van der Waals surface area contributed by atoms with Crippen molar-refractivity contribution in [2.24, 2.45) is 41.4 Å². The fourth-order valence-corrected chi connectivity index (χ4v) is 9.71. The lowest BCUT2D eigenvalue weighted by atomic mass is 9.86. The highest BCUT2D eigenvalue weighted by atomic mass is 16.3. The molecule has 0 spiro atoms. The number of allylic oxidation sites excluding steroid dienone is 2. The van der Waals surface area contributed by atoms with Crippen molar-refractivity contribution in [3.63, 3.8) is 0 Å². The molecule has 1 heterocycles. The van der Waals surface area contributed by atoms with E-state index in [1.54, 1.807) is 60.6 Å². The smallest absolute Gasteiger partial charge is 0.246 e. The van der Waals surface area contributed by atoms with Crippen LogP contribution in [-0.2, 0) is 52.7 Å². The lowest BCUT2D eigenvalue weighted by molar-refractivity contribution is -0.155. The Morgan fingerprint density at radius 2 is 1.03 bits per heavy atom. The topological polar surface area (TPSA) is 276 Å². The minimum atomic E-state index is -1.59. The number of hydrogen-bond acceptors (Lipinski definition) is 12. The molecular weight excluding hydrogens is 1020 g/mol. The molecule has 0 saturated carbocycles. The fraction of sp³-hybridized carbons (Fsp3) is 0.772. The van der Waals surface area contributed by atoms with Crippen LogP contribution in [0.15, 0.2) is 12.2 Å². The van der Waals surface area contributed by atoms with Crippen LogP contribution >= 0.6 is 0 Å². The molecule has 0 aromatic carbocycles. The van der Waals surface area contributed by atoms with E-state index >= 15 is 0 Å². The van der Waals surface area contributed by atoms with Crippen molar-refractivity contribution in [2.75, 3.05) is 48.8 Å². The van der Waals surface area contributed by atoms with Gasteiger partial charge in [0.2, 0.25) is 59.1 Å². The zero-order valence-corrected chi connectivity index (χ0v) is 51.6. The zero-order chi connectivity index (χ0) is 61.4. The Bertz CT molecular complexity index is 2180. The number of ketones is 1. The summed E-state index contributed by atoms with van der Waals surface area (Å²) in [6.07, 6.45) is 2.76. The van der Waals surface area contributed by atoms with E-state index in [1.165, 1.54) is 91.6 Å². The molecule has 79 heavy (non-hydrogen) atoms. The Labute approximate surface area is 471 Å². The molecule has 1 aliphatic heterocycles. The highest BCUT2D eigenvalue weighted by molar-refractivity contribution is 5.99.